The average molecular weight is 217 g/mol. The molecule has 0 heterocycles. The van der Waals surface area contributed by atoms with Crippen molar-refractivity contribution in [2.45, 2.75) is 43.4 Å². The largest absolute Gasteiger partial charge is 0.312 e. The first-order chi connectivity index (χ1) is 6.43. The SMILES string of the molecule is CC1CC(CNC2CC2)(S(C)(=O)=O)C1. The number of nitrogens with one attached hydrogen (secondary N) is 1. The average Bonchev–Trinajstić information content (AvgIpc) is 2.75. The Morgan fingerprint density at radius 1 is 1.36 bits per heavy atom. The first-order valence-corrected chi connectivity index (χ1v) is 7.25. The highest BCUT2D eigenvalue weighted by Crippen LogP contribution is 2.43. The highest BCUT2D eigenvalue weighted by molar-refractivity contribution is 7.92. The van der Waals surface area contributed by atoms with E-state index in [-0.39, 0.29) is 0 Å². The fourth-order valence-electron chi connectivity index (χ4n) is 2.41. The van der Waals surface area contributed by atoms with Crippen LogP contribution in [0.25, 0.3) is 0 Å². The van der Waals surface area contributed by atoms with Crippen molar-refractivity contribution >= 4 is 9.84 Å². The van der Waals surface area contributed by atoms with Crippen LogP contribution >= 0.6 is 0 Å². The predicted octanol–water partition coefficient (Wildman–Crippen LogP) is 0.952. The Balaban J connectivity index is 1.99. The molecule has 0 spiro atoms. The molecule has 0 atom stereocenters. The van der Waals surface area contributed by atoms with Crippen molar-refractivity contribution in [3.05, 3.63) is 0 Å². The Morgan fingerprint density at radius 2 is 1.93 bits per heavy atom. The maximum atomic E-state index is 11.7. The van der Waals surface area contributed by atoms with Crippen molar-refractivity contribution in [3.63, 3.8) is 0 Å². The second-order valence-electron chi connectivity index (χ2n) is 5.12. The van der Waals surface area contributed by atoms with E-state index >= 15 is 0 Å². The van der Waals surface area contributed by atoms with Gasteiger partial charge in [0, 0.05) is 18.8 Å². The molecule has 14 heavy (non-hydrogen) atoms. The monoisotopic (exact) mass is 217 g/mol. The first-order valence-electron chi connectivity index (χ1n) is 5.36. The van der Waals surface area contributed by atoms with Crippen LogP contribution in [-0.2, 0) is 9.84 Å². The number of sulfone groups is 1. The van der Waals surface area contributed by atoms with Gasteiger partial charge in [0.1, 0.15) is 0 Å². The molecule has 0 aromatic heterocycles. The Morgan fingerprint density at radius 3 is 2.29 bits per heavy atom. The lowest BCUT2D eigenvalue weighted by Crippen LogP contribution is -2.55. The van der Waals surface area contributed by atoms with Gasteiger partial charge in [-0.15, -0.1) is 0 Å². The van der Waals surface area contributed by atoms with Crippen LogP contribution in [-0.4, -0.2) is 32.0 Å². The number of hydrogen-bond acceptors (Lipinski definition) is 3. The van der Waals surface area contributed by atoms with Crippen molar-refractivity contribution < 1.29 is 8.42 Å². The lowest BCUT2D eigenvalue weighted by molar-refractivity contribution is 0.229. The second kappa shape index (κ2) is 3.20. The molecule has 1 N–H and O–H groups in total. The van der Waals surface area contributed by atoms with Crippen molar-refractivity contribution in [2.24, 2.45) is 5.92 Å². The molecular formula is C10H19NO2S. The van der Waals surface area contributed by atoms with Crippen LogP contribution in [0.4, 0.5) is 0 Å². The van der Waals surface area contributed by atoms with E-state index in [0.29, 0.717) is 18.5 Å². The number of hydrogen-bond donors (Lipinski definition) is 1. The van der Waals surface area contributed by atoms with Gasteiger partial charge in [-0.3, -0.25) is 0 Å². The molecule has 2 aliphatic carbocycles. The van der Waals surface area contributed by atoms with Gasteiger partial charge in [-0.05, 0) is 31.6 Å². The van der Waals surface area contributed by atoms with E-state index in [1.54, 1.807) is 0 Å². The van der Waals surface area contributed by atoms with Gasteiger partial charge < -0.3 is 5.32 Å². The molecular weight excluding hydrogens is 198 g/mol. The van der Waals surface area contributed by atoms with Crippen LogP contribution in [0.2, 0.25) is 0 Å². The fourth-order valence-corrected chi connectivity index (χ4v) is 3.93. The van der Waals surface area contributed by atoms with Crippen molar-refractivity contribution in [1.82, 2.24) is 5.32 Å². The van der Waals surface area contributed by atoms with Crippen LogP contribution in [0.15, 0.2) is 0 Å². The van der Waals surface area contributed by atoms with Gasteiger partial charge in [0.2, 0.25) is 0 Å². The topological polar surface area (TPSA) is 46.2 Å². The zero-order valence-electron chi connectivity index (χ0n) is 8.91. The summed E-state index contributed by atoms with van der Waals surface area (Å²) >= 11 is 0. The van der Waals surface area contributed by atoms with Gasteiger partial charge in [-0.2, -0.15) is 0 Å². The molecule has 2 rings (SSSR count). The minimum absolute atomic E-state index is 0.436. The zero-order chi connectivity index (χ0) is 10.4. The van der Waals surface area contributed by atoms with Crippen molar-refractivity contribution in [1.29, 1.82) is 0 Å². The normalized spacial score (nSPS) is 38.0. The first kappa shape index (κ1) is 10.4. The number of rotatable bonds is 4. The van der Waals surface area contributed by atoms with Gasteiger partial charge in [-0.1, -0.05) is 6.92 Å². The van der Waals surface area contributed by atoms with Gasteiger partial charge in [0.05, 0.1) is 4.75 Å². The highest BCUT2D eigenvalue weighted by Gasteiger charge is 2.50. The lowest BCUT2D eigenvalue weighted by Gasteiger charge is -2.45. The molecule has 0 aromatic rings. The smallest absolute Gasteiger partial charge is 0.154 e. The summed E-state index contributed by atoms with van der Waals surface area (Å²) < 4.78 is 22.9. The summed E-state index contributed by atoms with van der Waals surface area (Å²) in [7, 11) is -2.89. The van der Waals surface area contributed by atoms with Crippen LogP contribution in [0.3, 0.4) is 0 Å². The van der Waals surface area contributed by atoms with E-state index in [2.05, 4.69) is 12.2 Å². The summed E-state index contributed by atoms with van der Waals surface area (Å²) in [4.78, 5) is 0. The molecule has 4 heteroatoms. The van der Waals surface area contributed by atoms with Gasteiger partial charge in [0.25, 0.3) is 0 Å². The Labute approximate surface area is 86.2 Å². The second-order valence-corrected chi connectivity index (χ2v) is 7.53. The molecule has 82 valence electrons. The Bertz CT molecular complexity index is 313. The molecule has 0 radical (unpaired) electrons. The predicted molar refractivity (Wildman–Crippen MR) is 57.0 cm³/mol. The van der Waals surface area contributed by atoms with E-state index in [0.717, 1.165) is 12.8 Å². The highest BCUT2D eigenvalue weighted by atomic mass is 32.2. The maximum absolute atomic E-state index is 11.7. The molecule has 0 aliphatic heterocycles. The van der Waals surface area contributed by atoms with E-state index in [1.807, 2.05) is 0 Å². The molecule has 2 aliphatic rings. The quantitative estimate of drug-likeness (QED) is 0.762. The molecule has 0 bridgehead atoms. The van der Waals surface area contributed by atoms with Crippen molar-refractivity contribution in [3.8, 4) is 0 Å². The molecule has 0 saturated heterocycles. The van der Waals surface area contributed by atoms with E-state index in [9.17, 15) is 8.42 Å². The third-order valence-corrected chi connectivity index (χ3v) is 5.57. The van der Waals surface area contributed by atoms with E-state index < -0.39 is 14.6 Å². The van der Waals surface area contributed by atoms with E-state index in [4.69, 9.17) is 0 Å². The van der Waals surface area contributed by atoms with E-state index in [1.165, 1.54) is 19.1 Å². The zero-order valence-corrected chi connectivity index (χ0v) is 9.73. The maximum Gasteiger partial charge on any atom is 0.154 e. The van der Waals surface area contributed by atoms with Crippen LogP contribution in [0, 0.1) is 5.92 Å². The fraction of sp³-hybridized carbons (Fsp3) is 1.00. The molecule has 0 aromatic carbocycles. The molecule has 3 nitrogen and oxygen atoms in total. The summed E-state index contributed by atoms with van der Waals surface area (Å²) in [6.45, 7) is 2.79. The Kier molecular flexibility index (Phi) is 2.39. The van der Waals surface area contributed by atoms with Crippen LogP contribution < -0.4 is 5.32 Å². The Hall–Kier alpha value is -0.0900. The summed E-state index contributed by atoms with van der Waals surface area (Å²) in [5.41, 5.74) is 0. The summed E-state index contributed by atoms with van der Waals surface area (Å²) in [5.74, 6) is 0.575. The van der Waals surface area contributed by atoms with Gasteiger partial charge >= 0.3 is 0 Å². The molecule has 0 unspecified atom stereocenters. The lowest BCUT2D eigenvalue weighted by atomic mass is 9.75. The molecule has 2 saturated carbocycles. The van der Waals surface area contributed by atoms with Crippen molar-refractivity contribution in [2.75, 3.05) is 12.8 Å². The minimum atomic E-state index is -2.89. The summed E-state index contributed by atoms with van der Waals surface area (Å²) in [6.07, 6.45) is 5.50. The van der Waals surface area contributed by atoms with Gasteiger partial charge in [0.15, 0.2) is 9.84 Å². The summed E-state index contributed by atoms with van der Waals surface area (Å²) in [6, 6.07) is 0.601. The van der Waals surface area contributed by atoms with Gasteiger partial charge in [-0.25, -0.2) is 8.42 Å². The standard InChI is InChI=1S/C10H19NO2S/c1-8-5-10(6-8,14(2,12)13)7-11-9-3-4-9/h8-9,11H,3-7H2,1-2H3. The third-order valence-electron chi connectivity index (χ3n) is 3.52. The van der Waals surface area contributed by atoms with Crippen LogP contribution in [0.5, 0.6) is 0 Å². The summed E-state index contributed by atoms with van der Waals surface area (Å²) in [5, 5.41) is 3.35. The molecule has 2 fully saturated rings. The minimum Gasteiger partial charge on any atom is -0.312 e. The van der Waals surface area contributed by atoms with Crippen LogP contribution in [0.1, 0.15) is 32.6 Å². The molecule has 0 amide bonds. The third kappa shape index (κ3) is 1.82.